The van der Waals surface area contributed by atoms with Crippen LogP contribution in [0, 0.1) is 11.7 Å². The molecule has 0 radical (unpaired) electrons. The molecular weight excluding hydrogens is 343 g/mol. The van der Waals surface area contributed by atoms with E-state index in [2.05, 4.69) is 5.32 Å². The van der Waals surface area contributed by atoms with E-state index in [0.717, 1.165) is 23.7 Å². The van der Waals surface area contributed by atoms with E-state index >= 15 is 0 Å². The quantitative estimate of drug-likeness (QED) is 0.894. The molecule has 1 aliphatic heterocycles. The van der Waals surface area contributed by atoms with Crippen LogP contribution < -0.4 is 10.2 Å². The van der Waals surface area contributed by atoms with Crippen LogP contribution in [0.1, 0.15) is 18.9 Å². The topological polar surface area (TPSA) is 49.4 Å². The summed E-state index contributed by atoms with van der Waals surface area (Å²) < 4.78 is 13.1. The van der Waals surface area contributed by atoms with Gasteiger partial charge in [-0.05, 0) is 42.3 Å². The van der Waals surface area contributed by atoms with Crippen molar-refractivity contribution in [3.8, 4) is 0 Å². The molecule has 2 aromatic rings. The highest BCUT2D eigenvalue weighted by Crippen LogP contribution is 2.28. The summed E-state index contributed by atoms with van der Waals surface area (Å²) in [6, 6.07) is 11.5. The van der Waals surface area contributed by atoms with Gasteiger partial charge in [-0.15, -0.1) is 0 Å². The van der Waals surface area contributed by atoms with E-state index < -0.39 is 11.7 Å². The number of nitrogens with zero attached hydrogens (tertiary/aromatic N) is 1. The SMILES string of the molecule is CCc1cccc(N2C[C@@H](C(=O)Nc3ccc(F)cc3Cl)CC2=O)c1. The zero-order valence-electron chi connectivity index (χ0n) is 13.8. The summed E-state index contributed by atoms with van der Waals surface area (Å²) >= 11 is 5.93. The van der Waals surface area contributed by atoms with Gasteiger partial charge in [-0.25, -0.2) is 4.39 Å². The molecule has 1 saturated heterocycles. The predicted molar refractivity (Wildman–Crippen MR) is 96.3 cm³/mol. The van der Waals surface area contributed by atoms with Gasteiger partial charge in [0.1, 0.15) is 5.82 Å². The van der Waals surface area contributed by atoms with Crippen molar-refractivity contribution in [1.82, 2.24) is 0 Å². The molecule has 0 spiro atoms. The molecule has 2 amide bonds. The van der Waals surface area contributed by atoms with Crippen molar-refractivity contribution in [3.05, 3.63) is 58.9 Å². The summed E-state index contributed by atoms with van der Waals surface area (Å²) in [5.74, 6) is -1.32. The summed E-state index contributed by atoms with van der Waals surface area (Å²) in [5, 5.41) is 2.81. The lowest BCUT2D eigenvalue weighted by molar-refractivity contribution is -0.122. The monoisotopic (exact) mass is 360 g/mol. The molecule has 6 heteroatoms. The van der Waals surface area contributed by atoms with Crippen LogP contribution >= 0.6 is 11.6 Å². The molecule has 0 aliphatic carbocycles. The normalized spacial score (nSPS) is 17.0. The highest BCUT2D eigenvalue weighted by atomic mass is 35.5. The van der Waals surface area contributed by atoms with E-state index in [1.54, 1.807) is 4.90 Å². The second-order valence-electron chi connectivity index (χ2n) is 6.04. The number of carbonyl (C=O) groups excluding carboxylic acids is 2. The third kappa shape index (κ3) is 3.82. The summed E-state index contributed by atoms with van der Waals surface area (Å²) in [6.45, 7) is 2.37. The maximum Gasteiger partial charge on any atom is 0.229 e. The van der Waals surface area contributed by atoms with Crippen molar-refractivity contribution in [2.24, 2.45) is 5.92 Å². The first kappa shape index (κ1) is 17.4. The van der Waals surface area contributed by atoms with Gasteiger partial charge >= 0.3 is 0 Å². The molecule has 0 unspecified atom stereocenters. The molecule has 130 valence electrons. The molecule has 4 nitrogen and oxygen atoms in total. The highest BCUT2D eigenvalue weighted by molar-refractivity contribution is 6.33. The minimum absolute atomic E-state index is 0.0846. The Balaban J connectivity index is 1.72. The Bertz CT molecular complexity index is 825. The zero-order chi connectivity index (χ0) is 18.0. The summed E-state index contributed by atoms with van der Waals surface area (Å²) in [6.07, 6.45) is 1.02. The van der Waals surface area contributed by atoms with Gasteiger partial charge in [0.25, 0.3) is 0 Å². The van der Waals surface area contributed by atoms with E-state index in [4.69, 9.17) is 11.6 Å². The van der Waals surface area contributed by atoms with Crippen molar-refractivity contribution in [3.63, 3.8) is 0 Å². The second kappa shape index (κ2) is 7.23. The number of halogens is 2. The van der Waals surface area contributed by atoms with Gasteiger partial charge in [-0.3, -0.25) is 9.59 Å². The van der Waals surface area contributed by atoms with Crippen LogP contribution in [-0.4, -0.2) is 18.4 Å². The van der Waals surface area contributed by atoms with Crippen LogP contribution in [0.4, 0.5) is 15.8 Å². The Morgan fingerprint density at radius 2 is 2.12 bits per heavy atom. The smallest absolute Gasteiger partial charge is 0.229 e. The number of hydrogen-bond donors (Lipinski definition) is 1. The number of nitrogens with one attached hydrogen (secondary N) is 1. The minimum atomic E-state index is -0.473. The molecule has 0 bridgehead atoms. The maximum absolute atomic E-state index is 13.1. The van der Waals surface area contributed by atoms with E-state index in [-0.39, 0.29) is 23.3 Å². The minimum Gasteiger partial charge on any atom is -0.324 e. The number of anilines is 2. The number of aryl methyl sites for hydroxylation is 1. The van der Waals surface area contributed by atoms with Gasteiger partial charge in [0.2, 0.25) is 11.8 Å². The van der Waals surface area contributed by atoms with Gasteiger partial charge in [-0.1, -0.05) is 30.7 Å². The summed E-state index contributed by atoms with van der Waals surface area (Å²) in [5.41, 5.74) is 2.28. The molecule has 1 heterocycles. The van der Waals surface area contributed by atoms with Crippen LogP contribution in [0.3, 0.4) is 0 Å². The van der Waals surface area contributed by atoms with Crippen LogP contribution in [0.5, 0.6) is 0 Å². The number of amides is 2. The van der Waals surface area contributed by atoms with Gasteiger partial charge in [0, 0.05) is 18.7 Å². The Morgan fingerprint density at radius 1 is 1.32 bits per heavy atom. The lowest BCUT2D eigenvalue weighted by atomic mass is 10.1. The average Bonchev–Trinajstić information content (AvgIpc) is 2.99. The van der Waals surface area contributed by atoms with Crippen molar-refractivity contribution in [2.45, 2.75) is 19.8 Å². The molecule has 1 fully saturated rings. The van der Waals surface area contributed by atoms with Crippen LogP contribution in [0.25, 0.3) is 0 Å². The predicted octanol–water partition coefficient (Wildman–Crippen LogP) is 4.03. The Kier molecular flexibility index (Phi) is 5.04. The fourth-order valence-electron chi connectivity index (χ4n) is 2.90. The first-order valence-electron chi connectivity index (χ1n) is 8.13. The van der Waals surface area contributed by atoms with Gasteiger partial charge < -0.3 is 10.2 Å². The number of carbonyl (C=O) groups is 2. The fraction of sp³-hybridized carbons (Fsp3) is 0.263. The summed E-state index contributed by atoms with van der Waals surface area (Å²) in [4.78, 5) is 26.4. The van der Waals surface area contributed by atoms with E-state index in [1.807, 2.05) is 31.2 Å². The molecule has 3 rings (SSSR count). The maximum atomic E-state index is 13.1. The molecule has 2 aromatic carbocycles. The van der Waals surface area contributed by atoms with Crippen LogP contribution in [0.2, 0.25) is 5.02 Å². The first-order chi connectivity index (χ1) is 12.0. The first-order valence-corrected chi connectivity index (χ1v) is 8.51. The Hall–Kier alpha value is -2.40. The third-order valence-corrected chi connectivity index (χ3v) is 4.63. The zero-order valence-corrected chi connectivity index (χ0v) is 14.5. The largest absolute Gasteiger partial charge is 0.324 e. The van der Waals surface area contributed by atoms with Crippen molar-refractivity contribution < 1.29 is 14.0 Å². The van der Waals surface area contributed by atoms with Crippen LogP contribution in [0.15, 0.2) is 42.5 Å². The van der Waals surface area contributed by atoms with Gasteiger partial charge in [0.05, 0.1) is 16.6 Å². The Labute approximate surface area is 150 Å². The van der Waals surface area contributed by atoms with Gasteiger partial charge in [-0.2, -0.15) is 0 Å². The lowest BCUT2D eigenvalue weighted by Gasteiger charge is -2.17. The van der Waals surface area contributed by atoms with Crippen molar-refractivity contribution in [2.75, 3.05) is 16.8 Å². The molecule has 1 N–H and O–H groups in total. The average molecular weight is 361 g/mol. The number of benzene rings is 2. The lowest BCUT2D eigenvalue weighted by Crippen LogP contribution is -2.28. The second-order valence-corrected chi connectivity index (χ2v) is 6.45. The van der Waals surface area contributed by atoms with Crippen molar-refractivity contribution >= 4 is 34.8 Å². The third-order valence-electron chi connectivity index (χ3n) is 4.32. The van der Waals surface area contributed by atoms with Crippen LogP contribution in [-0.2, 0) is 16.0 Å². The number of rotatable bonds is 4. The molecular formula is C19H18ClFN2O2. The molecule has 1 atom stereocenters. The standard InChI is InChI=1S/C19H18ClFN2O2/c1-2-12-4-3-5-15(8-12)23-11-13(9-18(23)24)19(25)22-17-7-6-14(21)10-16(17)20/h3-8,10,13H,2,9,11H2,1H3,(H,22,25)/t13-/m0/s1. The fourth-order valence-corrected chi connectivity index (χ4v) is 3.12. The number of hydrogen-bond acceptors (Lipinski definition) is 2. The molecule has 25 heavy (non-hydrogen) atoms. The highest BCUT2D eigenvalue weighted by Gasteiger charge is 2.35. The molecule has 0 aromatic heterocycles. The molecule has 1 aliphatic rings. The van der Waals surface area contributed by atoms with E-state index in [0.29, 0.717) is 12.2 Å². The van der Waals surface area contributed by atoms with E-state index in [1.165, 1.54) is 12.1 Å². The Morgan fingerprint density at radius 3 is 2.84 bits per heavy atom. The van der Waals surface area contributed by atoms with Crippen molar-refractivity contribution in [1.29, 1.82) is 0 Å². The molecule has 0 saturated carbocycles. The van der Waals surface area contributed by atoms with E-state index in [9.17, 15) is 14.0 Å². The summed E-state index contributed by atoms with van der Waals surface area (Å²) in [7, 11) is 0. The van der Waals surface area contributed by atoms with Gasteiger partial charge in [0.15, 0.2) is 0 Å².